The van der Waals surface area contributed by atoms with Crippen LogP contribution in [0.15, 0.2) is 60.3 Å². The van der Waals surface area contributed by atoms with Gasteiger partial charge in [-0.1, -0.05) is 42.5 Å². The molecule has 0 unspecified atom stereocenters. The summed E-state index contributed by atoms with van der Waals surface area (Å²) in [6, 6.07) is 17.5. The Kier molecular flexibility index (Phi) is 4.10. The number of hydrogen-bond donors (Lipinski definition) is 1. The summed E-state index contributed by atoms with van der Waals surface area (Å²) in [5.74, 6) is 0. The second-order valence-electron chi connectivity index (χ2n) is 3.98. The Morgan fingerprint density at radius 1 is 1.15 bits per heavy atom. The first-order chi connectivity index (χ1) is 9.70. The first-order valence-electron chi connectivity index (χ1n) is 5.88. The second-order valence-corrected chi connectivity index (χ2v) is 3.98. The van der Waals surface area contributed by atoms with E-state index in [1.54, 1.807) is 24.3 Å². The van der Waals surface area contributed by atoms with E-state index >= 15 is 0 Å². The van der Waals surface area contributed by atoms with Crippen LogP contribution >= 0.6 is 0 Å². The highest BCUT2D eigenvalue weighted by Gasteiger charge is 2.12. The lowest BCUT2D eigenvalue weighted by Gasteiger charge is -2.05. The first-order valence-corrected chi connectivity index (χ1v) is 5.88. The fourth-order valence-corrected chi connectivity index (χ4v) is 1.70. The highest BCUT2D eigenvalue weighted by molar-refractivity contribution is 5.70. The van der Waals surface area contributed by atoms with Crippen molar-refractivity contribution < 1.29 is 4.92 Å². The summed E-state index contributed by atoms with van der Waals surface area (Å²) in [4.78, 5) is 10.4. The summed E-state index contributed by atoms with van der Waals surface area (Å²) in [5, 5.41) is 22.8. The number of para-hydroxylation sites is 2. The minimum atomic E-state index is -0.486. The van der Waals surface area contributed by atoms with Crippen LogP contribution in [-0.2, 0) is 0 Å². The van der Waals surface area contributed by atoms with E-state index in [1.807, 2.05) is 36.4 Å². The third-order valence-corrected chi connectivity index (χ3v) is 2.60. The zero-order valence-corrected chi connectivity index (χ0v) is 10.5. The highest BCUT2D eigenvalue weighted by atomic mass is 16.6. The molecule has 0 aliphatic carbocycles. The molecule has 2 aromatic carbocycles. The Morgan fingerprint density at radius 2 is 1.80 bits per heavy atom. The summed E-state index contributed by atoms with van der Waals surface area (Å²) >= 11 is 0. The zero-order chi connectivity index (χ0) is 14.4. The van der Waals surface area contributed by atoms with Crippen molar-refractivity contribution in [3.8, 4) is 6.07 Å². The molecule has 2 aromatic rings. The molecule has 98 valence electrons. The van der Waals surface area contributed by atoms with E-state index in [1.165, 1.54) is 6.07 Å². The maximum absolute atomic E-state index is 10.9. The van der Waals surface area contributed by atoms with Gasteiger partial charge in [-0.3, -0.25) is 10.1 Å². The largest absolute Gasteiger partial charge is 0.341 e. The predicted octanol–water partition coefficient (Wildman–Crippen LogP) is 3.57. The third kappa shape index (κ3) is 3.21. The monoisotopic (exact) mass is 265 g/mol. The van der Waals surface area contributed by atoms with Gasteiger partial charge in [-0.05, 0) is 17.7 Å². The van der Waals surface area contributed by atoms with Gasteiger partial charge < -0.3 is 5.32 Å². The van der Waals surface area contributed by atoms with Crippen LogP contribution in [0.2, 0.25) is 0 Å². The number of nitrogens with zero attached hydrogens (tertiary/aromatic N) is 2. The van der Waals surface area contributed by atoms with Crippen LogP contribution in [0.3, 0.4) is 0 Å². The quantitative estimate of drug-likeness (QED) is 0.520. The molecule has 2 rings (SSSR count). The fourth-order valence-electron chi connectivity index (χ4n) is 1.70. The molecule has 0 heterocycles. The van der Waals surface area contributed by atoms with Gasteiger partial charge in [0.2, 0.25) is 0 Å². The molecule has 0 saturated carbocycles. The molecule has 0 fully saturated rings. The van der Waals surface area contributed by atoms with Crippen LogP contribution in [0.25, 0.3) is 6.08 Å². The average molecular weight is 265 g/mol. The molecule has 0 aliphatic rings. The van der Waals surface area contributed by atoms with E-state index in [9.17, 15) is 10.1 Å². The second kappa shape index (κ2) is 6.16. The summed E-state index contributed by atoms with van der Waals surface area (Å²) < 4.78 is 0. The molecule has 0 bridgehead atoms. The van der Waals surface area contributed by atoms with Crippen LogP contribution in [0.4, 0.5) is 11.4 Å². The van der Waals surface area contributed by atoms with E-state index in [-0.39, 0.29) is 11.4 Å². The lowest BCUT2D eigenvalue weighted by molar-refractivity contribution is -0.383. The van der Waals surface area contributed by atoms with Gasteiger partial charge in [0.1, 0.15) is 17.5 Å². The number of benzene rings is 2. The molecule has 0 radical (unpaired) electrons. The number of nitriles is 1. The van der Waals surface area contributed by atoms with Gasteiger partial charge >= 0.3 is 0 Å². The van der Waals surface area contributed by atoms with Gasteiger partial charge in [-0.2, -0.15) is 5.26 Å². The molecule has 0 aliphatic heterocycles. The van der Waals surface area contributed by atoms with Crippen LogP contribution in [0.5, 0.6) is 0 Å². The topological polar surface area (TPSA) is 79.0 Å². The van der Waals surface area contributed by atoms with Crippen LogP contribution in [0.1, 0.15) is 5.56 Å². The van der Waals surface area contributed by atoms with Crippen molar-refractivity contribution >= 4 is 17.5 Å². The first kappa shape index (κ1) is 13.3. The molecular formula is C15H11N3O2. The van der Waals surface area contributed by atoms with Crippen molar-refractivity contribution in [2.24, 2.45) is 0 Å². The van der Waals surface area contributed by atoms with Crippen molar-refractivity contribution in [3.63, 3.8) is 0 Å². The number of hydrogen-bond acceptors (Lipinski definition) is 4. The Hall–Kier alpha value is -3.13. The third-order valence-electron chi connectivity index (χ3n) is 2.60. The molecule has 1 N–H and O–H groups in total. The minimum absolute atomic E-state index is 0.0679. The number of nitro benzene ring substituents is 1. The van der Waals surface area contributed by atoms with Crippen molar-refractivity contribution in [3.05, 3.63) is 76.0 Å². The summed E-state index contributed by atoms with van der Waals surface area (Å²) in [6.07, 6.45) is 1.64. The number of nitrogens with one attached hydrogen (secondary N) is 1. The maximum atomic E-state index is 10.9. The summed E-state index contributed by atoms with van der Waals surface area (Å²) in [7, 11) is 0. The van der Waals surface area contributed by atoms with Crippen molar-refractivity contribution in [1.29, 1.82) is 5.26 Å². The fraction of sp³-hybridized carbons (Fsp3) is 0. The van der Waals surface area contributed by atoms with E-state index in [4.69, 9.17) is 5.26 Å². The van der Waals surface area contributed by atoms with E-state index in [0.29, 0.717) is 5.69 Å². The number of anilines is 1. The molecule has 0 spiro atoms. The molecule has 5 nitrogen and oxygen atoms in total. The van der Waals surface area contributed by atoms with Crippen LogP contribution in [-0.4, -0.2) is 4.92 Å². The van der Waals surface area contributed by atoms with Crippen molar-refractivity contribution in [2.75, 3.05) is 5.32 Å². The molecular weight excluding hydrogens is 254 g/mol. The van der Waals surface area contributed by atoms with E-state index in [2.05, 4.69) is 5.32 Å². The van der Waals surface area contributed by atoms with Crippen molar-refractivity contribution in [2.45, 2.75) is 0 Å². The molecule has 0 amide bonds. The predicted molar refractivity (Wildman–Crippen MR) is 76.8 cm³/mol. The Bertz CT molecular complexity index is 688. The van der Waals surface area contributed by atoms with Gasteiger partial charge in [0.25, 0.3) is 5.69 Å². The Morgan fingerprint density at radius 3 is 2.45 bits per heavy atom. The van der Waals surface area contributed by atoms with Gasteiger partial charge in [-0.15, -0.1) is 0 Å². The molecule has 0 atom stereocenters. The SMILES string of the molecule is N#C/C(=C\c1ccccc1)Nc1ccccc1[N+](=O)[O-]. The van der Waals surface area contributed by atoms with Crippen molar-refractivity contribution in [1.82, 2.24) is 0 Å². The van der Waals surface area contributed by atoms with Gasteiger partial charge in [0.05, 0.1) is 4.92 Å². The number of rotatable bonds is 4. The molecule has 20 heavy (non-hydrogen) atoms. The van der Waals surface area contributed by atoms with Gasteiger partial charge in [0, 0.05) is 6.07 Å². The number of nitro groups is 1. The van der Waals surface area contributed by atoms with Gasteiger partial charge in [-0.25, -0.2) is 0 Å². The van der Waals surface area contributed by atoms with Crippen LogP contribution in [0, 0.1) is 21.4 Å². The van der Waals surface area contributed by atoms with Crippen LogP contribution < -0.4 is 5.32 Å². The minimum Gasteiger partial charge on any atom is -0.341 e. The maximum Gasteiger partial charge on any atom is 0.292 e. The van der Waals surface area contributed by atoms with E-state index in [0.717, 1.165) is 5.56 Å². The number of allylic oxidation sites excluding steroid dienone is 1. The highest BCUT2D eigenvalue weighted by Crippen LogP contribution is 2.24. The smallest absolute Gasteiger partial charge is 0.292 e. The molecule has 0 saturated heterocycles. The zero-order valence-electron chi connectivity index (χ0n) is 10.5. The van der Waals surface area contributed by atoms with Gasteiger partial charge in [0.15, 0.2) is 0 Å². The molecule has 0 aromatic heterocycles. The standard InChI is InChI=1S/C15H11N3O2/c16-11-13(10-12-6-2-1-3-7-12)17-14-8-4-5-9-15(14)18(19)20/h1-10,17H/b13-10+. The lowest BCUT2D eigenvalue weighted by Crippen LogP contribution is -2.00. The molecule has 5 heteroatoms. The Labute approximate surface area is 115 Å². The summed E-state index contributed by atoms with van der Waals surface area (Å²) in [5.41, 5.74) is 1.31. The lowest BCUT2D eigenvalue weighted by atomic mass is 10.2. The average Bonchev–Trinajstić information content (AvgIpc) is 2.48. The van der Waals surface area contributed by atoms with E-state index < -0.39 is 4.92 Å². The normalized spacial score (nSPS) is 10.7. The Balaban J connectivity index is 2.31. The summed E-state index contributed by atoms with van der Waals surface area (Å²) in [6.45, 7) is 0.